The van der Waals surface area contributed by atoms with Crippen LogP contribution < -0.4 is 5.46 Å². The second-order valence-electron chi connectivity index (χ2n) is 8.00. The zero-order chi connectivity index (χ0) is 19.3. The van der Waals surface area contributed by atoms with Crippen LogP contribution in [0.4, 0.5) is 0 Å². The summed E-state index contributed by atoms with van der Waals surface area (Å²) in [5.74, 6) is -2.66. The standard InChI is InChI=1S/C19H23BO6/c1-17(2)18(3,4)26-20(25-17)13-9-7-8-12(10-13)11-14-15(21)23-19(5,6)24-16(14)22/h7-11H,1-6H3. The molecule has 6 nitrogen and oxygen atoms in total. The van der Waals surface area contributed by atoms with E-state index in [0.29, 0.717) is 5.56 Å². The van der Waals surface area contributed by atoms with Gasteiger partial charge < -0.3 is 18.8 Å². The maximum absolute atomic E-state index is 12.1. The van der Waals surface area contributed by atoms with Gasteiger partial charge in [-0.05, 0) is 44.8 Å². The fourth-order valence-corrected chi connectivity index (χ4v) is 2.72. The molecule has 2 saturated heterocycles. The zero-order valence-electron chi connectivity index (χ0n) is 15.9. The van der Waals surface area contributed by atoms with E-state index >= 15 is 0 Å². The number of esters is 2. The first-order chi connectivity index (χ1) is 11.9. The van der Waals surface area contributed by atoms with Gasteiger partial charge in [-0.3, -0.25) is 0 Å². The van der Waals surface area contributed by atoms with E-state index < -0.39 is 36.0 Å². The van der Waals surface area contributed by atoms with Gasteiger partial charge in [0.1, 0.15) is 5.57 Å². The normalized spacial score (nSPS) is 23.5. The molecule has 7 heteroatoms. The summed E-state index contributed by atoms with van der Waals surface area (Å²) in [7, 11) is -0.525. The number of cyclic esters (lactones) is 2. The number of ether oxygens (including phenoxy) is 2. The van der Waals surface area contributed by atoms with Crippen molar-refractivity contribution < 1.29 is 28.4 Å². The van der Waals surface area contributed by atoms with Crippen LogP contribution in [0.3, 0.4) is 0 Å². The van der Waals surface area contributed by atoms with Crippen molar-refractivity contribution in [3.8, 4) is 0 Å². The Kier molecular flexibility index (Phi) is 4.28. The zero-order valence-corrected chi connectivity index (χ0v) is 15.9. The smallest absolute Gasteiger partial charge is 0.419 e. The van der Waals surface area contributed by atoms with Gasteiger partial charge in [0, 0.05) is 13.8 Å². The summed E-state index contributed by atoms with van der Waals surface area (Å²) in [5, 5.41) is 0. The lowest BCUT2D eigenvalue weighted by molar-refractivity contribution is -0.222. The first kappa shape index (κ1) is 18.7. The van der Waals surface area contributed by atoms with Gasteiger partial charge in [0.2, 0.25) is 0 Å². The molecule has 0 unspecified atom stereocenters. The van der Waals surface area contributed by atoms with E-state index in [1.165, 1.54) is 19.9 Å². The highest BCUT2D eigenvalue weighted by Crippen LogP contribution is 2.36. The van der Waals surface area contributed by atoms with Crippen molar-refractivity contribution >= 4 is 30.6 Å². The van der Waals surface area contributed by atoms with Crippen LogP contribution in [0, 0.1) is 0 Å². The Bertz CT molecular complexity index is 755. The Labute approximate surface area is 153 Å². The molecule has 0 bridgehead atoms. The molecule has 0 atom stereocenters. The van der Waals surface area contributed by atoms with Crippen molar-refractivity contribution in [2.45, 2.75) is 58.5 Å². The second-order valence-corrected chi connectivity index (χ2v) is 8.00. The lowest BCUT2D eigenvalue weighted by atomic mass is 9.78. The summed E-state index contributed by atoms with van der Waals surface area (Å²) < 4.78 is 22.3. The van der Waals surface area contributed by atoms with E-state index in [1.807, 2.05) is 45.9 Å². The van der Waals surface area contributed by atoms with Gasteiger partial charge in [0.05, 0.1) is 11.2 Å². The first-order valence-corrected chi connectivity index (χ1v) is 8.54. The molecule has 2 aliphatic rings. The van der Waals surface area contributed by atoms with Crippen LogP contribution in [-0.4, -0.2) is 36.0 Å². The number of hydrogen-bond acceptors (Lipinski definition) is 6. The highest BCUT2D eigenvalue weighted by molar-refractivity contribution is 6.62. The van der Waals surface area contributed by atoms with Crippen molar-refractivity contribution in [2.75, 3.05) is 0 Å². The molecule has 1 aromatic carbocycles. The average Bonchev–Trinajstić information content (AvgIpc) is 2.71. The van der Waals surface area contributed by atoms with Crippen LogP contribution in [0.1, 0.15) is 47.1 Å². The number of carbonyl (C=O) groups excluding carboxylic acids is 2. The fraction of sp³-hybridized carbons (Fsp3) is 0.474. The molecular formula is C19H23BO6. The second kappa shape index (κ2) is 5.96. The van der Waals surface area contributed by atoms with Gasteiger partial charge in [-0.2, -0.15) is 0 Å². The minimum atomic E-state index is -1.25. The Morgan fingerprint density at radius 2 is 1.42 bits per heavy atom. The third-order valence-electron chi connectivity index (χ3n) is 4.86. The monoisotopic (exact) mass is 358 g/mol. The van der Waals surface area contributed by atoms with Crippen LogP contribution in [0.25, 0.3) is 6.08 Å². The van der Waals surface area contributed by atoms with E-state index in [4.69, 9.17) is 18.8 Å². The Balaban J connectivity index is 1.87. The predicted octanol–water partition coefficient (Wildman–Crippen LogP) is 2.21. The molecule has 138 valence electrons. The van der Waals surface area contributed by atoms with Crippen LogP contribution in [0.15, 0.2) is 29.8 Å². The van der Waals surface area contributed by atoms with E-state index in [1.54, 1.807) is 6.07 Å². The van der Waals surface area contributed by atoms with Crippen LogP contribution >= 0.6 is 0 Å². The Morgan fingerprint density at radius 1 is 0.885 bits per heavy atom. The molecule has 2 fully saturated rings. The Morgan fingerprint density at radius 3 is 1.96 bits per heavy atom. The molecule has 1 aromatic rings. The van der Waals surface area contributed by atoms with Crippen LogP contribution in [0.2, 0.25) is 0 Å². The molecule has 3 rings (SSSR count). The molecule has 0 amide bonds. The third kappa shape index (κ3) is 3.41. The topological polar surface area (TPSA) is 71.1 Å². The first-order valence-electron chi connectivity index (χ1n) is 8.54. The summed E-state index contributed by atoms with van der Waals surface area (Å²) >= 11 is 0. The predicted molar refractivity (Wildman–Crippen MR) is 96.4 cm³/mol. The van der Waals surface area contributed by atoms with Crippen molar-refractivity contribution in [1.82, 2.24) is 0 Å². The third-order valence-corrected chi connectivity index (χ3v) is 4.86. The van der Waals surface area contributed by atoms with Gasteiger partial charge in [-0.1, -0.05) is 24.3 Å². The van der Waals surface area contributed by atoms with Gasteiger partial charge in [-0.25, -0.2) is 9.59 Å². The number of hydrogen-bond donors (Lipinski definition) is 0. The molecular weight excluding hydrogens is 335 g/mol. The van der Waals surface area contributed by atoms with Crippen molar-refractivity contribution in [2.24, 2.45) is 0 Å². The highest BCUT2D eigenvalue weighted by Gasteiger charge is 2.51. The molecule has 0 spiro atoms. The number of rotatable bonds is 2. The number of carbonyl (C=O) groups is 2. The maximum atomic E-state index is 12.1. The molecule has 0 radical (unpaired) electrons. The number of benzene rings is 1. The quantitative estimate of drug-likeness (QED) is 0.349. The van der Waals surface area contributed by atoms with Gasteiger partial charge in [-0.15, -0.1) is 0 Å². The van der Waals surface area contributed by atoms with Crippen molar-refractivity contribution in [1.29, 1.82) is 0 Å². The van der Waals surface area contributed by atoms with Gasteiger partial charge >= 0.3 is 19.1 Å². The molecule has 0 saturated carbocycles. The van der Waals surface area contributed by atoms with Gasteiger partial charge in [0.25, 0.3) is 5.79 Å². The minimum absolute atomic E-state index is 0.143. The highest BCUT2D eigenvalue weighted by atomic mass is 16.7. The van der Waals surface area contributed by atoms with E-state index in [2.05, 4.69) is 0 Å². The van der Waals surface area contributed by atoms with Crippen molar-refractivity contribution in [3.05, 3.63) is 35.4 Å². The van der Waals surface area contributed by atoms with E-state index in [9.17, 15) is 9.59 Å². The molecule has 0 aromatic heterocycles. The SMILES string of the molecule is CC1(C)OC(=O)C(=Cc2cccc(B3OC(C)(C)C(C)(C)O3)c2)C(=O)O1. The molecule has 2 heterocycles. The lowest BCUT2D eigenvalue weighted by Gasteiger charge is -2.32. The summed E-state index contributed by atoms with van der Waals surface area (Å²) in [6.45, 7) is 10.9. The fourth-order valence-electron chi connectivity index (χ4n) is 2.72. The van der Waals surface area contributed by atoms with Gasteiger partial charge in [0.15, 0.2) is 0 Å². The summed E-state index contributed by atoms with van der Waals surface area (Å²) in [6, 6.07) is 7.29. The minimum Gasteiger partial charge on any atom is -0.419 e. The molecule has 26 heavy (non-hydrogen) atoms. The lowest BCUT2D eigenvalue weighted by Crippen LogP contribution is -2.41. The average molecular weight is 358 g/mol. The van der Waals surface area contributed by atoms with E-state index in [0.717, 1.165) is 5.46 Å². The maximum Gasteiger partial charge on any atom is 0.494 e. The van der Waals surface area contributed by atoms with E-state index in [-0.39, 0.29) is 5.57 Å². The largest absolute Gasteiger partial charge is 0.494 e. The molecule has 0 N–H and O–H groups in total. The molecule has 0 aliphatic carbocycles. The molecule has 2 aliphatic heterocycles. The Hall–Kier alpha value is -2.12. The van der Waals surface area contributed by atoms with Crippen molar-refractivity contribution in [3.63, 3.8) is 0 Å². The van der Waals surface area contributed by atoms with Crippen LogP contribution in [-0.2, 0) is 28.4 Å². The summed E-state index contributed by atoms with van der Waals surface area (Å²) in [5.41, 5.74) is 0.413. The summed E-state index contributed by atoms with van der Waals surface area (Å²) in [4.78, 5) is 24.2. The van der Waals surface area contributed by atoms with Crippen LogP contribution in [0.5, 0.6) is 0 Å². The summed E-state index contributed by atoms with van der Waals surface area (Å²) in [6.07, 6.45) is 1.45.